The minimum absolute atomic E-state index is 0.00381. The number of nitrogens with zero attached hydrogens (tertiary/aromatic N) is 4. The van der Waals surface area contributed by atoms with Crippen LogP contribution in [0.2, 0.25) is 0 Å². The van der Waals surface area contributed by atoms with Gasteiger partial charge in [0, 0.05) is 25.2 Å². The van der Waals surface area contributed by atoms with E-state index in [-0.39, 0.29) is 24.2 Å². The van der Waals surface area contributed by atoms with Crippen LogP contribution in [0.5, 0.6) is 0 Å². The van der Waals surface area contributed by atoms with Crippen LogP contribution in [0.25, 0.3) is 0 Å². The maximum atomic E-state index is 12.7. The van der Waals surface area contributed by atoms with Crippen LogP contribution in [-0.4, -0.2) is 33.1 Å². The van der Waals surface area contributed by atoms with Crippen LogP contribution in [0.15, 0.2) is 61.2 Å². The summed E-state index contributed by atoms with van der Waals surface area (Å²) in [6.45, 7) is 5.73. The molecule has 1 N–H and O–H groups in total. The van der Waals surface area contributed by atoms with Crippen LogP contribution in [-0.2, 0) is 22.7 Å². The number of hydrogen-bond donors (Lipinski definition) is 1. The Kier molecular flexibility index (Phi) is 6.11. The molecule has 1 aliphatic heterocycles. The number of amides is 2. The minimum atomic E-state index is -0.339. The van der Waals surface area contributed by atoms with Crippen molar-refractivity contribution in [2.75, 3.05) is 11.4 Å². The van der Waals surface area contributed by atoms with Gasteiger partial charge in [-0.3, -0.25) is 9.59 Å². The first kappa shape index (κ1) is 20.8. The molecule has 7 heteroatoms. The van der Waals surface area contributed by atoms with E-state index in [1.807, 2.05) is 42.5 Å². The predicted octanol–water partition coefficient (Wildman–Crippen LogP) is 3.12. The summed E-state index contributed by atoms with van der Waals surface area (Å²) < 4.78 is 1.75. The van der Waals surface area contributed by atoms with Crippen LogP contribution < -0.4 is 10.2 Å². The predicted molar refractivity (Wildman–Crippen MR) is 118 cm³/mol. The molecule has 2 heterocycles. The molecule has 0 spiro atoms. The summed E-state index contributed by atoms with van der Waals surface area (Å²) in [5.74, 6) is -0.0426. The molecular formula is C24H27N5O2. The van der Waals surface area contributed by atoms with Crippen molar-refractivity contribution in [2.45, 2.75) is 39.3 Å². The summed E-state index contributed by atoms with van der Waals surface area (Å²) in [6, 6.07) is 16.0. The van der Waals surface area contributed by atoms with Gasteiger partial charge in [0.25, 0.3) is 0 Å². The molecule has 1 atom stereocenters. The Labute approximate surface area is 182 Å². The van der Waals surface area contributed by atoms with Gasteiger partial charge in [-0.15, -0.1) is 0 Å². The number of anilines is 1. The maximum absolute atomic E-state index is 12.7. The molecule has 7 nitrogen and oxygen atoms in total. The molecule has 1 aliphatic rings. The highest BCUT2D eigenvalue weighted by atomic mass is 16.2. The fourth-order valence-corrected chi connectivity index (χ4v) is 3.86. The smallest absolute Gasteiger partial charge is 0.227 e. The lowest BCUT2D eigenvalue weighted by Gasteiger charge is -2.18. The second-order valence-electron chi connectivity index (χ2n) is 8.29. The summed E-state index contributed by atoms with van der Waals surface area (Å²) in [7, 11) is 0. The molecule has 0 bridgehead atoms. The first-order valence-electron chi connectivity index (χ1n) is 10.6. The highest BCUT2D eigenvalue weighted by Gasteiger charge is 2.35. The van der Waals surface area contributed by atoms with E-state index in [9.17, 15) is 9.59 Å². The molecular weight excluding hydrogens is 390 g/mol. The Balaban J connectivity index is 1.35. The molecule has 1 aromatic heterocycles. The highest BCUT2D eigenvalue weighted by molar-refractivity contribution is 6.00. The van der Waals surface area contributed by atoms with Gasteiger partial charge in [-0.1, -0.05) is 50.2 Å². The van der Waals surface area contributed by atoms with Crippen molar-refractivity contribution in [3.05, 3.63) is 77.9 Å². The summed E-state index contributed by atoms with van der Waals surface area (Å²) in [5, 5.41) is 7.12. The van der Waals surface area contributed by atoms with E-state index < -0.39 is 0 Å². The largest absolute Gasteiger partial charge is 0.352 e. The van der Waals surface area contributed by atoms with Crippen molar-refractivity contribution in [3.63, 3.8) is 0 Å². The molecule has 3 aromatic rings. The van der Waals surface area contributed by atoms with Crippen molar-refractivity contribution >= 4 is 17.5 Å². The van der Waals surface area contributed by atoms with Crippen LogP contribution in [0.1, 0.15) is 42.9 Å². The highest BCUT2D eigenvalue weighted by Crippen LogP contribution is 2.28. The van der Waals surface area contributed by atoms with Gasteiger partial charge in [-0.2, -0.15) is 5.10 Å². The zero-order valence-corrected chi connectivity index (χ0v) is 17.9. The second-order valence-corrected chi connectivity index (χ2v) is 8.29. The number of aromatic nitrogens is 3. The number of carbonyl (C=O) groups is 2. The zero-order valence-electron chi connectivity index (χ0n) is 17.9. The topological polar surface area (TPSA) is 80.1 Å². The van der Waals surface area contributed by atoms with Gasteiger partial charge in [-0.25, -0.2) is 9.67 Å². The van der Waals surface area contributed by atoms with Crippen molar-refractivity contribution in [2.24, 2.45) is 5.92 Å². The first-order valence-corrected chi connectivity index (χ1v) is 10.6. The molecule has 1 unspecified atom stereocenters. The SMILES string of the molecule is CC(C)c1cccc(N2CC(C(=O)NCc3cccc(Cn4cncn4)c3)CC2=O)c1. The first-order chi connectivity index (χ1) is 15.0. The monoisotopic (exact) mass is 417 g/mol. The lowest BCUT2D eigenvalue weighted by atomic mass is 10.0. The third kappa shape index (κ3) is 4.99. The van der Waals surface area contributed by atoms with Gasteiger partial charge < -0.3 is 10.2 Å². The van der Waals surface area contributed by atoms with Crippen LogP contribution in [0, 0.1) is 5.92 Å². The van der Waals surface area contributed by atoms with Crippen molar-refractivity contribution in [3.8, 4) is 0 Å². The molecule has 31 heavy (non-hydrogen) atoms. The third-order valence-electron chi connectivity index (χ3n) is 5.61. The standard InChI is InChI=1S/C24H27N5O2/c1-17(2)20-7-4-8-22(10-20)29-14-21(11-23(29)30)24(31)26-12-18-5-3-6-19(9-18)13-28-16-25-15-27-28/h3-10,15-17,21H,11-14H2,1-2H3,(H,26,31). The fourth-order valence-electron chi connectivity index (χ4n) is 3.86. The quantitative estimate of drug-likeness (QED) is 0.641. The van der Waals surface area contributed by atoms with Crippen LogP contribution >= 0.6 is 0 Å². The van der Waals surface area contributed by atoms with Gasteiger partial charge in [0.05, 0.1) is 12.5 Å². The molecule has 2 aromatic carbocycles. The Morgan fingerprint density at radius 1 is 1.16 bits per heavy atom. The average Bonchev–Trinajstić information content (AvgIpc) is 3.42. The average molecular weight is 418 g/mol. The van der Waals surface area contributed by atoms with Crippen LogP contribution in [0.3, 0.4) is 0 Å². The Bertz CT molecular complexity index is 1060. The van der Waals surface area contributed by atoms with Gasteiger partial charge in [-0.05, 0) is 34.7 Å². The van der Waals surface area contributed by atoms with E-state index in [1.165, 1.54) is 11.9 Å². The molecule has 1 saturated heterocycles. The molecule has 0 aliphatic carbocycles. The Morgan fingerprint density at radius 3 is 2.74 bits per heavy atom. The summed E-state index contributed by atoms with van der Waals surface area (Å²) in [4.78, 5) is 31.0. The number of nitrogens with one attached hydrogen (secondary N) is 1. The number of carbonyl (C=O) groups excluding carboxylic acids is 2. The lowest BCUT2D eigenvalue weighted by molar-refractivity contribution is -0.126. The van der Waals surface area contributed by atoms with Gasteiger partial charge in [0.15, 0.2) is 0 Å². The molecule has 160 valence electrons. The second kappa shape index (κ2) is 9.12. The number of rotatable bonds is 7. The van der Waals surface area contributed by atoms with E-state index in [0.29, 0.717) is 25.6 Å². The lowest BCUT2D eigenvalue weighted by Crippen LogP contribution is -2.32. The van der Waals surface area contributed by atoms with Gasteiger partial charge >= 0.3 is 0 Å². The Morgan fingerprint density at radius 2 is 1.97 bits per heavy atom. The molecule has 1 fully saturated rings. The number of hydrogen-bond acceptors (Lipinski definition) is 4. The molecule has 0 saturated carbocycles. The van der Waals surface area contributed by atoms with E-state index in [0.717, 1.165) is 16.8 Å². The summed E-state index contributed by atoms with van der Waals surface area (Å²) in [6.07, 6.45) is 3.42. The van der Waals surface area contributed by atoms with Gasteiger partial charge in [0.2, 0.25) is 11.8 Å². The van der Waals surface area contributed by atoms with E-state index in [2.05, 4.69) is 35.3 Å². The zero-order chi connectivity index (χ0) is 21.8. The molecule has 0 radical (unpaired) electrons. The fraction of sp³-hybridized carbons (Fsp3) is 0.333. The summed E-state index contributed by atoms with van der Waals surface area (Å²) >= 11 is 0. The van der Waals surface area contributed by atoms with Crippen LogP contribution in [0.4, 0.5) is 5.69 Å². The molecule has 2 amide bonds. The van der Waals surface area contributed by atoms with Gasteiger partial charge in [0.1, 0.15) is 12.7 Å². The Hall–Kier alpha value is -3.48. The minimum Gasteiger partial charge on any atom is -0.352 e. The van der Waals surface area contributed by atoms with E-state index >= 15 is 0 Å². The van der Waals surface area contributed by atoms with E-state index in [1.54, 1.807) is 15.9 Å². The number of benzene rings is 2. The summed E-state index contributed by atoms with van der Waals surface area (Å²) in [5.41, 5.74) is 4.15. The third-order valence-corrected chi connectivity index (χ3v) is 5.61. The molecule has 4 rings (SSSR count). The van der Waals surface area contributed by atoms with Crippen molar-refractivity contribution < 1.29 is 9.59 Å². The van der Waals surface area contributed by atoms with Crippen molar-refractivity contribution in [1.82, 2.24) is 20.1 Å². The van der Waals surface area contributed by atoms with E-state index in [4.69, 9.17) is 0 Å². The van der Waals surface area contributed by atoms with Crippen molar-refractivity contribution in [1.29, 1.82) is 0 Å². The normalized spacial score (nSPS) is 16.2. The maximum Gasteiger partial charge on any atom is 0.227 e.